The normalized spacial score (nSPS) is 16.5. The van der Waals surface area contributed by atoms with Crippen LogP contribution in [0.25, 0.3) is 6.08 Å². The van der Waals surface area contributed by atoms with Gasteiger partial charge in [0.25, 0.3) is 0 Å². The number of alkyl halides is 3. The molecule has 2 aromatic rings. The molecule has 0 spiro atoms. The summed E-state index contributed by atoms with van der Waals surface area (Å²) in [5, 5.41) is -0.947. The summed E-state index contributed by atoms with van der Waals surface area (Å²) in [5.74, 6) is -2.67. The first-order valence-corrected chi connectivity index (χ1v) is 10.9. The average Bonchev–Trinajstić information content (AvgIpc) is 2.71. The third-order valence-corrected chi connectivity index (χ3v) is 6.11. The van der Waals surface area contributed by atoms with Crippen LogP contribution in [0.15, 0.2) is 36.4 Å². The second kappa shape index (κ2) is 10.4. The van der Waals surface area contributed by atoms with E-state index in [1.807, 2.05) is 0 Å². The summed E-state index contributed by atoms with van der Waals surface area (Å²) in [6, 6.07) is 6.78. The van der Waals surface area contributed by atoms with Crippen molar-refractivity contribution in [3.05, 3.63) is 74.5 Å². The number of hydrogen-bond acceptors (Lipinski definition) is 2. The van der Waals surface area contributed by atoms with E-state index in [1.165, 1.54) is 6.08 Å². The van der Waals surface area contributed by atoms with Gasteiger partial charge >= 0.3 is 6.18 Å². The molecule has 8 heteroatoms. The van der Waals surface area contributed by atoms with Crippen LogP contribution in [0.5, 0.6) is 0 Å². The molecular weight excluding hydrogens is 467 g/mol. The van der Waals surface area contributed by atoms with Gasteiger partial charge in [-0.15, -0.1) is 0 Å². The zero-order valence-corrected chi connectivity index (χ0v) is 18.8. The van der Waals surface area contributed by atoms with Crippen LogP contribution in [0.1, 0.15) is 52.2 Å². The minimum Gasteiger partial charge on any atom is -0.381 e. The summed E-state index contributed by atoms with van der Waals surface area (Å²) < 4.78 is 59.9. The van der Waals surface area contributed by atoms with Gasteiger partial charge in [-0.05, 0) is 54.5 Å². The maximum Gasteiger partial charge on any atom is 0.399 e. The van der Waals surface area contributed by atoms with Crippen LogP contribution in [0.4, 0.5) is 17.6 Å². The minimum atomic E-state index is -4.63. The smallest absolute Gasteiger partial charge is 0.381 e. The van der Waals surface area contributed by atoms with E-state index < -0.39 is 28.0 Å². The molecule has 1 unspecified atom stereocenters. The highest BCUT2D eigenvalue weighted by Gasteiger charge is 2.39. The van der Waals surface area contributed by atoms with Crippen molar-refractivity contribution in [2.24, 2.45) is 5.92 Å². The van der Waals surface area contributed by atoms with Gasteiger partial charge < -0.3 is 4.74 Å². The maximum atomic E-state index is 13.7. The molecule has 1 fully saturated rings. The van der Waals surface area contributed by atoms with Crippen molar-refractivity contribution in [1.29, 1.82) is 0 Å². The van der Waals surface area contributed by atoms with Crippen LogP contribution in [-0.2, 0) is 4.74 Å². The van der Waals surface area contributed by atoms with Crippen LogP contribution in [-0.4, -0.2) is 25.2 Å². The molecule has 0 saturated carbocycles. The summed E-state index contributed by atoms with van der Waals surface area (Å²) in [4.78, 5) is 12.7. The number of ether oxygens (including phenoxy) is 1. The summed E-state index contributed by atoms with van der Waals surface area (Å²) in [6.45, 7) is 3.08. The number of benzene rings is 2. The van der Waals surface area contributed by atoms with E-state index in [2.05, 4.69) is 0 Å². The number of carbonyl (C=O) groups is 1. The minimum absolute atomic E-state index is 0.0219. The number of aryl methyl sites for hydroxylation is 1. The molecule has 0 bridgehead atoms. The lowest BCUT2D eigenvalue weighted by atomic mass is 9.90. The number of rotatable bonds is 6. The summed E-state index contributed by atoms with van der Waals surface area (Å²) >= 11 is 11.4. The monoisotopic (exact) mass is 488 g/mol. The molecule has 0 amide bonds. The Morgan fingerprint density at radius 1 is 1.16 bits per heavy atom. The second-order valence-corrected chi connectivity index (χ2v) is 8.75. The molecular formula is C24H22Cl2F4O2. The molecule has 0 radical (unpaired) electrons. The number of Topliss-reactive ketones (excluding diaryl/α,β-unsaturated/α-hetero) is 1. The number of ketones is 1. The molecule has 2 aromatic carbocycles. The van der Waals surface area contributed by atoms with Crippen molar-refractivity contribution in [2.45, 2.75) is 38.3 Å². The molecule has 1 aliphatic heterocycles. The van der Waals surface area contributed by atoms with Gasteiger partial charge in [-0.3, -0.25) is 4.79 Å². The van der Waals surface area contributed by atoms with Crippen molar-refractivity contribution in [3.8, 4) is 0 Å². The zero-order chi connectivity index (χ0) is 23.5. The van der Waals surface area contributed by atoms with E-state index in [1.54, 1.807) is 25.1 Å². The van der Waals surface area contributed by atoms with Crippen molar-refractivity contribution >= 4 is 35.1 Å². The maximum absolute atomic E-state index is 13.7. The predicted octanol–water partition coefficient (Wildman–Crippen LogP) is 7.80. The van der Waals surface area contributed by atoms with Gasteiger partial charge in [-0.25, -0.2) is 4.39 Å². The van der Waals surface area contributed by atoms with E-state index in [4.69, 9.17) is 27.9 Å². The third-order valence-electron chi connectivity index (χ3n) is 5.56. The number of allylic oxidation sites excluding steroid dienone is 1. The first-order valence-electron chi connectivity index (χ1n) is 10.2. The molecule has 32 heavy (non-hydrogen) atoms. The number of carbonyl (C=O) groups excluding carboxylic acids is 1. The van der Waals surface area contributed by atoms with Crippen LogP contribution in [0, 0.1) is 18.7 Å². The van der Waals surface area contributed by atoms with E-state index in [0.29, 0.717) is 36.3 Å². The molecule has 0 N–H and O–H groups in total. The van der Waals surface area contributed by atoms with Gasteiger partial charge in [-0.2, -0.15) is 13.2 Å². The lowest BCUT2D eigenvalue weighted by Gasteiger charge is -2.21. The van der Waals surface area contributed by atoms with Crippen LogP contribution in [0.2, 0.25) is 10.0 Å². The molecule has 1 saturated heterocycles. The Kier molecular flexibility index (Phi) is 8.01. The quantitative estimate of drug-likeness (QED) is 0.235. The Morgan fingerprint density at radius 3 is 2.34 bits per heavy atom. The van der Waals surface area contributed by atoms with Gasteiger partial charge in [0.1, 0.15) is 0 Å². The lowest BCUT2D eigenvalue weighted by molar-refractivity contribution is -0.139. The summed E-state index contributed by atoms with van der Waals surface area (Å²) in [5.41, 5.74) is 1.52. The Morgan fingerprint density at radius 2 is 1.78 bits per heavy atom. The van der Waals surface area contributed by atoms with Gasteiger partial charge in [0.15, 0.2) is 11.6 Å². The van der Waals surface area contributed by atoms with E-state index >= 15 is 0 Å². The van der Waals surface area contributed by atoms with Gasteiger partial charge in [-0.1, -0.05) is 53.6 Å². The zero-order valence-electron chi connectivity index (χ0n) is 17.3. The fourth-order valence-electron chi connectivity index (χ4n) is 3.80. The SMILES string of the molecule is Cc1cc(/C=C/C(c2cc(Cl)c(F)c(Cl)c2)C(F)(F)F)ccc1C(=O)CC1CCOCC1. The van der Waals surface area contributed by atoms with Crippen molar-refractivity contribution in [3.63, 3.8) is 0 Å². The highest BCUT2D eigenvalue weighted by Crippen LogP contribution is 2.39. The Balaban J connectivity index is 1.80. The fourth-order valence-corrected chi connectivity index (χ4v) is 4.30. The average molecular weight is 489 g/mol. The van der Waals surface area contributed by atoms with Gasteiger partial charge in [0.05, 0.1) is 16.0 Å². The topological polar surface area (TPSA) is 26.3 Å². The molecule has 0 aromatic heterocycles. The van der Waals surface area contributed by atoms with Crippen LogP contribution >= 0.6 is 23.2 Å². The van der Waals surface area contributed by atoms with Crippen LogP contribution < -0.4 is 0 Å². The second-order valence-electron chi connectivity index (χ2n) is 7.93. The Bertz CT molecular complexity index is 989. The van der Waals surface area contributed by atoms with E-state index in [9.17, 15) is 22.4 Å². The largest absolute Gasteiger partial charge is 0.399 e. The number of hydrogen-bond donors (Lipinski definition) is 0. The molecule has 1 atom stereocenters. The molecule has 1 aliphatic rings. The van der Waals surface area contributed by atoms with E-state index in [-0.39, 0.29) is 17.3 Å². The first kappa shape index (κ1) is 24.7. The van der Waals surface area contributed by atoms with Gasteiger partial charge in [0, 0.05) is 25.2 Å². The fraction of sp³-hybridized carbons (Fsp3) is 0.375. The van der Waals surface area contributed by atoms with Crippen molar-refractivity contribution in [2.75, 3.05) is 13.2 Å². The van der Waals surface area contributed by atoms with Crippen LogP contribution in [0.3, 0.4) is 0 Å². The highest BCUT2D eigenvalue weighted by molar-refractivity contribution is 6.35. The van der Waals surface area contributed by atoms with Gasteiger partial charge in [0.2, 0.25) is 0 Å². The molecule has 2 nitrogen and oxygen atoms in total. The predicted molar refractivity (Wildman–Crippen MR) is 118 cm³/mol. The highest BCUT2D eigenvalue weighted by atomic mass is 35.5. The number of halogens is 6. The Labute approximate surface area is 194 Å². The van der Waals surface area contributed by atoms with E-state index in [0.717, 1.165) is 31.1 Å². The molecule has 172 valence electrons. The van der Waals surface area contributed by atoms with Crippen molar-refractivity contribution in [1.82, 2.24) is 0 Å². The summed E-state index contributed by atoms with van der Waals surface area (Å²) in [6.07, 6.45) is -0.206. The third kappa shape index (κ3) is 6.12. The van der Waals surface area contributed by atoms with Crippen molar-refractivity contribution < 1.29 is 27.1 Å². The first-order chi connectivity index (χ1) is 15.1. The molecule has 3 rings (SSSR count). The molecule has 1 heterocycles. The summed E-state index contributed by atoms with van der Waals surface area (Å²) in [7, 11) is 0. The molecule has 0 aliphatic carbocycles. The lowest BCUT2D eigenvalue weighted by Crippen LogP contribution is -2.19. The standard InChI is InChI=1S/C24H22Cl2F4O2/c1-14-10-15(2-4-18(14)22(31)11-16-6-8-32-9-7-16)3-5-19(24(28,29)30)17-12-20(25)23(27)21(26)13-17/h2-5,10,12-13,16,19H,6-9,11H2,1H3/b5-3+. The Hall–Kier alpha value is -1.89.